The molecule has 2 fully saturated rings. The van der Waals surface area contributed by atoms with Gasteiger partial charge in [-0.3, -0.25) is 14.3 Å². The minimum absolute atomic E-state index is 0.147. The van der Waals surface area contributed by atoms with Gasteiger partial charge in [0, 0.05) is 18.3 Å². The molecule has 1 N–H and O–H groups in total. The first kappa shape index (κ1) is 31.4. The lowest BCUT2D eigenvalue weighted by molar-refractivity contribution is -0.0748. The summed E-state index contributed by atoms with van der Waals surface area (Å²) < 4.78 is 35.8. The van der Waals surface area contributed by atoms with E-state index in [1.54, 1.807) is 13.1 Å². The van der Waals surface area contributed by atoms with E-state index in [1.807, 2.05) is 19.0 Å². The molecule has 0 bridgehead atoms. The Morgan fingerprint density at radius 3 is 2.13 bits per heavy atom. The van der Waals surface area contributed by atoms with E-state index in [9.17, 15) is 9.59 Å². The van der Waals surface area contributed by atoms with Crippen molar-refractivity contribution in [1.29, 1.82) is 0 Å². The van der Waals surface area contributed by atoms with Crippen LogP contribution in [0.2, 0.25) is 22.2 Å². The zero-order valence-corrected chi connectivity index (χ0v) is 27.1. The minimum atomic E-state index is -2.91. The maximum Gasteiger partial charge on any atom is 0.335 e. The van der Waals surface area contributed by atoms with E-state index in [4.69, 9.17) is 22.4 Å². The molecule has 1 aromatic rings. The molecular formula is C26H49N3O7Si2. The molecule has 218 valence electrons. The van der Waals surface area contributed by atoms with E-state index in [-0.39, 0.29) is 28.8 Å². The molecule has 2 aliphatic rings. The van der Waals surface area contributed by atoms with Crippen LogP contribution in [0.1, 0.15) is 67.2 Å². The molecule has 3 rings (SSSR count). The van der Waals surface area contributed by atoms with E-state index in [0.717, 1.165) is 0 Å². The summed E-state index contributed by atoms with van der Waals surface area (Å²) in [4.78, 5) is 29.5. The lowest BCUT2D eigenvalue weighted by Crippen LogP contribution is -2.66. The van der Waals surface area contributed by atoms with Gasteiger partial charge in [0.15, 0.2) is 6.23 Å². The highest BCUT2D eigenvalue weighted by atomic mass is 28.5. The number of H-pyrrole nitrogens is 1. The Morgan fingerprint density at radius 2 is 1.61 bits per heavy atom. The number of fused-ring (bicyclic) bond motifs is 1. The summed E-state index contributed by atoms with van der Waals surface area (Å²) in [5, 5.41) is 0. The number of nitrogens with one attached hydrogen (secondary N) is 1. The van der Waals surface area contributed by atoms with Gasteiger partial charge in [-0.2, -0.15) is 0 Å². The van der Waals surface area contributed by atoms with E-state index >= 15 is 0 Å². The molecule has 12 heteroatoms. The van der Waals surface area contributed by atoms with Crippen LogP contribution in [0.25, 0.3) is 0 Å². The van der Waals surface area contributed by atoms with Gasteiger partial charge in [0.05, 0.1) is 13.2 Å². The second kappa shape index (κ2) is 12.2. The maximum absolute atomic E-state index is 13.0. The number of nitrogens with zero attached hydrogens (tertiary/aromatic N) is 2. The largest absolute Gasteiger partial charge is 0.414 e. The third-order valence-electron chi connectivity index (χ3n) is 7.89. The van der Waals surface area contributed by atoms with E-state index < -0.39 is 52.9 Å². The molecule has 4 atom stereocenters. The molecule has 38 heavy (non-hydrogen) atoms. The Morgan fingerprint density at radius 1 is 1.03 bits per heavy atom. The van der Waals surface area contributed by atoms with Gasteiger partial charge in [0.25, 0.3) is 5.56 Å². The summed E-state index contributed by atoms with van der Waals surface area (Å²) in [5.41, 5.74) is 0.180. The van der Waals surface area contributed by atoms with Crippen molar-refractivity contribution in [3.05, 3.63) is 32.6 Å². The van der Waals surface area contributed by atoms with Crippen LogP contribution in [0.15, 0.2) is 15.8 Å². The van der Waals surface area contributed by atoms with Crippen molar-refractivity contribution in [2.75, 3.05) is 33.9 Å². The van der Waals surface area contributed by atoms with Crippen LogP contribution >= 0.6 is 0 Å². The second-order valence-corrected chi connectivity index (χ2v) is 21.1. The zero-order chi connectivity index (χ0) is 28.6. The molecule has 0 spiro atoms. The first-order valence-corrected chi connectivity index (χ1v) is 17.9. The molecule has 0 unspecified atom stereocenters. The number of aromatic amines is 1. The van der Waals surface area contributed by atoms with Gasteiger partial charge >= 0.3 is 22.8 Å². The van der Waals surface area contributed by atoms with Crippen LogP contribution in [0.5, 0.6) is 0 Å². The van der Waals surface area contributed by atoms with E-state index in [1.165, 1.54) is 4.57 Å². The average Bonchev–Trinajstić information content (AvgIpc) is 3.11. The summed E-state index contributed by atoms with van der Waals surface area (Å²) >= 11 is 0. The SMILES string of the molecule is Cc1cn([C@@H]2O[C@@H]3CO[Si](C(C)C)(C(C)C)O[Si](C(C)C)(C(C)C)O[C@H]3[C@H]2OCCN(C)C)c(=O)[nH]c1=O. The highest BCUT2D eigenvalue weighted by molar-refractivity contribution is 6.83. The summed E-state index contributed by atoms with van der Waals surface area (Å²) in [7, 11) is -1.69. The van der Waals surface area contributed by atoms with Crippen molar-refractivity contribution < 1.29 is 22.4 Å². The van der Waals surface area contributed by atoms with Gasteiger partial charge in [-0.15, -0.1) is 0 Å². The lowest BCUT2D eigenvalue weighted by atomic mass is 10.1. The van der Waals surface area contributed by atoms with Crippen molar-refractivity contribution in [3.8, 4) is 0 Å². The molecule has 2 saturated heterocycles. The average molecular weight is 572 g/mol. The third-order valence-corrected chi connectivity index (χ3v) is 18.1. The van der Waals surface area contributed by atoms with Crippen LogP contribution < -0.4 is 11.2 Å². The Hall–Kier alpha value is -1.13. The topological polar surface area (TPSA) is 104 Å². The maximum atomic E-state index is 13.0. The molecular weight excluding hydrogens is 522 g/mol. The third kappa shape index (κ3) is 5.97. The fraction of sp³-hybridized carbons (Fsp3) is 0.846. The van der Waals surface area contributed by atoms with Gasteiger partial charge in [-0.05, 0) is 43.2 Å². The molecule has 0 saturated carbocycles. The summed E-state index contributed by atoms with van der Waals surface area (Å²) in [6.07, 6.45) is -0.782. The monoisotopic (exact) mass is 571 g/mol. The number of aryl methyl sites for hydroxylation is 1. The molecule has 3 heterocycles. The van der Waals surface area contributed by atoms with Gasteiger partial charge in [-0.1, -0.05) is 55.4 Å². The van der Waals surface area contributed by atoms with Gasteiger partial charge in [0.1, 0.15) is 18.3 Å². The van der Waals surface area contributed by atoms with Gasteiger partial charge < -0.3 is 27.3 Å². The Balaban J connectivity index is 2.15. The predicted molar refractivity (Wildman–Crippen MR) is 152 cm³/mol. The Kier molecular flexibility index (Phi) is 10.1. The highest BCUT2D eigenvalue weighted by Crippen LogP contribution is 2.48. The summed E-state index contributed by atoms with van der Waals surface area (Å²) in [5.74, 6) is 0. The quantitative estimate of drug-likeness (QED) is 0.448. The van der Waals surface area contributed by atoms with Crippen LogP contribution in [-0.2, 0) is 22.4 Å². The fourth-order valence-corrected chi connectivity index (χ4v) is 16.9. The van der Waals surface area contributed by atoms with Crippen molar-refractivity contribution in [2.45, 2.75) is 109 Å². The normalized spacial score (nSPS) is 27.4. The molecule has 0 amide bonds. The van der Waals surface area contributed by atoms with Crippen molar-refractivity contribution in [2.24, 2.45) is 0 Å². The van der Waals surface area contributed by atoms with Crippen LogP contribution in [0.4, 0.5) is 0 Å². The summed E-state index contributed by atoms with van der Waals surface area (Å²) in [6.45, 7) is 20.5. The molecule has 0 radical (unpaired) electrons. The number of likely N-dealkylation sites (N-methyl/N-ethyl adjacent to an activating group) is 1. The number of ether oxygens (including phenoxy) is 2. The highest BCUT2D eigenvalue weighted by Gasteiger charge is 2.62. The molecule has 0 aromatic carbocycles. The minimum Gasteiger partial charge on any atom is -0.414 e. The van der Waals surface area contributed by atoms with Crippen molar-refractivity contribution >= 4 is 17.1 Å². The molecule has 0 aliphatic carbocycles. The fourth-order valence-electron chi connectivity index (χ4n) is 5.67. The number of rotatable bonds is 9. The van der Waals surface area contributed by atoms with Crippen LogP contribution in [0.3, 0.4) is 0 Å². The Bertz CT molecular complexity index is 1040. The first-order chi connectivity index (χ1) is 17.7. The lowest BCUT2D eigenvalue weighted by Gasteiger charge is -2.51. The number of hydrogen-bond donors (Lipinski definition) is 1. The summed E-state index contributed by atoms with van der Waals surface area (Å²) in [6, 6.07) is 0. The molecule has 10 nitrogen and oxygen atoms in total. The van der Waals surface area contributed by atoms with E-state index in [2.05, 4.69) is 60.4 Å². The van der Waals surface area contributed by atoms with Gasteiger partial charge in [-0.25, -0.2) is 4.79 Å². The van der Waals surface area contributed by atoms with E-state index in [0.29, 0.717) is 18.7 Å². The smallest absolute Gasteiger partial charge is 0.335 e. The van der Waals surface area contributed by atoms with Crippen molar-refractivity contribution in [1.82, 2.24) is 14.5 Å². The van der Waals surface area contributed by atoms with Crippen LogP contribution in [0, 0.1) is 6.92 Å². The Labute approximate surface area is 229 Å². The number of aromatic nitrogens is 2. The first-order valence-electron chi connectivity index (χ1n) is 13.9. The van der Waals surface area contributed by atoms with Crippen LogP contribution in [-0.4, -0.2) is 83.7 Å². The zero-order valence-electron chi connectivity index (χ0n) is 25.1. The molecule has 2 aliphatic heterocycles. The van der Waals surface area contributed by atoms with Gasteiger partial charge in [0.2, 0.25) is 0 Å². The second-order valence-electron chi connectivity index (χ2n) is 12.2. The molecule has 1 aromatic heterocycles. The predicted octanol–water partition coefficient (Wildman–Crippen LogP) is 3.65. The number of hydrogen-bond acceptors (Lipinski definition) is 8. The standard InChI is InChI=1S/C26H49N3O7Si2/c1-16(2)37(17(3)4)33-15-21-22(35-38(36-37,18(5)6)19(7)8)23(32-13-12-28(10)11)25(34-21)29-14-20(9)24(30)27-26(29)31/h14,16-19,21-23,25H,12-13,15H2,1-11H3,(H,27,30,31)/t21-,22-,23-,25-/m1/s1. The van der Waals surface area contributed by atoms with Crippen molar-refractivity contribution in [3.63, 3.8) is 0 Å².